The van der Waals surface area contributed by atoms with E-state index in [1.54, 1.807) is 0 Å². The average Bonchev–Trinajstić information content (AvgIpc) is 2.24. The normalized spacial score (nSPS) is 37.8. The van der Waals surface area contributed by atoms with Gasteiger partial charge >= 0.3 is 0 Å². The zero-order valence-corrected chi connectivity index (χ0v) is 10.4. The van der Waals surface area contributed by atoms with Crippen molar-refractivity contribution in [3.8, 4) is 0 Å². The molecule has 0 radical (unpaired) electrons. The van der Waals surface area contributed by atoms with Crippen LogP contribution in [-0.2, 0) is 4.79 Å². The number of carbonyl (C=O) groups is 1. The van der Waals surface area contributed by atoms with Gasteiger partial charge in [-0.2, -0.15) is 0 Å². The maximum Gasteiger partial charge on any atom is 0.253 e. The lowest BCUT2D eigenvalue weighted by molar-refractivity contribution is -0.169. The van der Waals surface area contributed by atoms with Gasteiger partial charge in [-0.15, -0.1) is 0 Å². The molecule has 2 saturated heterocycles. The van der Waals surface area contributed by atoms with Crippen LogP contribution in [0.5, 0.6) is 0 Å². The molecule has 0 aromatic rings. The van der Waals surface area contributed by atoms with Crippen LogP contribution in [0.25, 0.3) is 0 Å². The van der Waals surface area contributed by atoms with Crippen LogP contribution in [0.3, 0.4) is 0 Å². The number of hydrazine groups is 1. The highest BCUT2D eigenvalue weighted by atomic mass is 16.2. The van der Waals surface area contributed by atoms with E-state index >= 15 is 0 Å². The Morgan fingerprint density at radius 1 is 1.12 bits per heavy atom. The first-order chi connectivity index (χ1) is 7.61. The monoisotopic (exact) mass is 225 g/mol. The molecule has 92 valence electrons. The van der Waals surface area contributed by atoms with E-state index in [2.05, 4.69) is 18.9 Å². The average molecular weight is 225 g/mol. The largest absolute Gasteiger partial charge is 0.320 e. The van der Waals surface area contributed by atoms with E-state index in [1.165, 1.54) is 19.3 Å². The fraction of sp³-hybridized carbons (Fsp3) is 0.917. The van der Waals surface area contributed by atoms with E-state index < -0.39 is 0 Å². The number of hydrogen-bond acceptors (Lipinski definition) is 3. The topological polar surface area (TPSA) is 49.6 Å². The van der Waals surface area contributed by atoms with Crippen molar-refractivity contribution in [3.05, 3.63) is 0 Å². The lowest BCUT2D eigenvalue weighted by atomic mass is 9.98. The van der Waals surface area contributed by atoms with Crippen LogP contribution >= 0.6 is 0 Å². The Hall–Kier alpha value is -0.610. The van der Waals surface area contributed by atoms with Crippen molar-refractivity contribution >= 4 is 5.91 Å². The number of rotatable bonds is 1. The molecule has 3 atom stereocenters. The molecule has 16 heavy (non-hydrogen) atoms. The summed E-state index contributed by atoms with van der Waals surface area (Å²) in [7, 11) is 0. The Morgan fingerprint density at radius 3 is 2.38 bits per heavy atom. The van der Waals surface area contributed by atoms with E-state index in [0.717, 1.165) is 19.4 Å². The van der Waals surface area contributed by atoms with E-state index in [1.807, 2.05) is 5.01 Å². The second kappa shape index (κ2) is 4.72. The molecule has 0 aromatic carbocycles. The summed E-state index contributed by atoms with van der Waals surface area (Å²) in [4.78, 5) is 12.1. The van der Waals surface area contributed by atoms with Crippen LogP contribution in [0.1, 0.15) is 46.0 Å². The summed E-state index contributed by atoms with van der Waals surface area (Å²) in [5, 5.41) is 4.19. The minimum absolute atomic E-state index is 0.117. The van der Waals surface area contributed by atoms with E-state index in [0.29, 0.717) is 12.1 Å². The highest BCUT2D eigenvalue weighted by Crippen LogP contribution is 2.26. The summed E-state index contributed by atoms with van der Waals surface area (Å²) in [6.45, 7) is 5.27. The molecule has 0 spiro atoms. The predicted molar refractivity (Wildman–Crippen MR) is 63.5 cm³/mol. The SMILES string of the molecule is CC1CCCC(C)N1N1CCCC(N)C1=O. The van der Waals surface area contributed by atoms with Crippen LogP contribution in [0.15, 0.2) is 0 Å². The number of carbonyl (C=O) groups excluding carboxylic acids is 1. The molecule has 2 aliphatic heterocycles. The van der Waals surface area contributed by atoms with Crippen molar-refractivity contribution in [1.82, 2.24) is 10.0 Å². The second-order valence-electron chi connectivity index (χ2n) is 5.22. The van der Waals surface area contributed by atoms with Gasteiger partial charge in [-0.1, -0.05) is 6.42 Å². The molecular formula is C12H23N3O. The smallest absolute Gasteiger partial charge is 0.253 e. The van der Waals surface area contributed by atoms with E-state index in [4.69, 9.17) is 5.73 Å². The summed E-state index contributed by atoms with van der Waals surface area (Å²) in [5.41, 5.74) is 5.85. The van der Waals surface area contributed by atoms with Gasteiger partial charge in [-0.25, -0.2) is 5.01 Å². The van der Waals surface area contributed by atoms with Gasteiger partial charge in [0.05, 0.1) is 6.04 Å². The van der Waals surface area contributed by atoms with Crippen LogP contribution in [0, 0.1) is 0 Å². The highest BCUT2D eigenvalue weighted by Gasteiger charge is 2.36. The fourth-order valence-corrected chi connectivity index (χ4v) is 3.00. The fourth-order valence-electron chi connectivity index (χ4n) is 3.00. The van der Waals surface area contributed by atoms with Gasteiger partial charge in [0.1, 0.15) is 0 Å². The lowest BCUT2D eigenvalue weighted by Crippen LogP contribution is -2.61. The number of nitrogens with two attached hydrogens (primary N) is 1. The van der Waals surface area contributed by atoms with Crippen LogP contribution < -0.4 is 5.73 Å². The summed E-state index contributed by atoms with van der Waals surface area (Å²) in [6, 6.07) is 0.658. The van der Waals surface area contributed by atoms with Crippen LogP contribution in [0.4, 0.5) is 0 Å². The molecule has 4 heteroatoms. The Labute approximate surface area is 97.7 Å². The number of hydrogen-bond donors (Lipinski definition) is 1. The maximum atomic E-state index is 12.1. The van der Waals surface area contributed by atoms with Crippen molar-refractivity contribution in [3.63, 3.8) is 0 Å². The third-order valence-corrected chi connectivity index (χ3v) is 3.88. The van der Waals surface area contributed by atoms with Crippen molar-refractivity contribution in [1.29, 1.82) is 0 Å². The maximum absolute atomic E-state index is 12.1. The van der Waals surface area contributed by atoms with Gasteiger partial charge < -0.3 is 5.73 Å². The first-order valence-corrected chi connectivity index (χ1v) is 6.46. The Bertz CT molecular complexity index is 259. The van der Waals surface area contributed by atoms with Crippen molar-refractivity contribution in [2.24, 2.45) is 5.73 Å². The standard InChI is InChI=1S/C12H23N3O/c1-9-5-3-6-10(2)15(9)14-8-4-7-11(13)12(14)16/h9-11H,3-8,13H2,1-2H3. The molecule has 3 unspecified atom stereocenters. The van der Waals surface area contributed by atoms with Crippen molar-refractivity contribution in [2.45, 2.75) is 64.1 Å². The van der Waals surface area contributed by atoms with Gasteiger partial charge in [0.15, 0.2) is 0 Å². The Kier molecular flexibility index (Phi) is 3.50. The molecule has 2 aliphatic rings. The molecule has 1 amide bonds. The minimum Gasteiger partial charge on any atom is -0.320 e. The molecule has 4 nitrogen and oxygen atoms in total. The van der Waals surface area contributed by atoms with Crippen molar-refractivity contribution < 1.29 is 4.79 Å². The van der Waals surface area contributed by atoms with Gasteiger partial charge in [-0.3, -0.25) is 9.80 Å². The highest BCUT2D eigenvalue weighted by molar-refractivity contribution is 5.81. The predicted octanol–water partition coefficient (Wildman–Crippen LogP) is 1.11. The molecule has 2 N–H and O–H groups in total. The van der Waals surface area contributed by atoms with Gasteiger partial charge in [-0.05, 0) is 39.5 Å². The molecule has 0 aromatic heterocycles. The van der Waals surface area contributed by atoms with Crippen LogP contribution in [-0.4, -0.2) is 40.6 Å². The van der Waals surface area contributed by atoms with E-state index in [9.17, 15) is 4.79 Å². The lowest BCUT2D eigenvalue weighted by Gasteiger charge is -2.48. The van der Waals surface area contributed by atoms with Gasteiger partial charge in [0, 0.05) is 18.6 Å². The first-order valence-electron chi connectivity index (χ1n) is 6.46. The second-order valence-corrected chi connectivity index (χ2v) is 5.22. The van der Waals surface area contributed by atoms with Crippen LogP contribution in [0.2, 0.25) is 0 Å². The third kappa shape index (κ3) is 2.09. The molecule has 2 rings (SSSR count). The quantitative estimate of drug-likeness (QED) is 0.727. The zero-order valence-electron chi connectivity index (χ0n) is 10.4. The molecule has 2 fully saturated rings. The van der Waals surface area contributed by atoms with E-state index in [-0.39, 0.29) is 11.9 Å². The minimum atomic E-state index is -0.282. The number of piperidine rings is 2. The Morgan fingerprint density at radius 2 is 1.75 bits per heavy atom. The molecule has 0 saturated carbocycles. The zero-order chi connectivity index (χ0) is 11.7. The summed E-state index contributed by atoms with van der Waals surface area (Å²) >= 11 is 0. The molecule has 0 aliphatic carbocycles. The van der Waals surface area contributed by atoms with Gasteiger partial charge in [0.25, 0.3) is 5.91 Å². The van der Waals surface area contributed by atoms with Gasteiger partial charge in [0.2, 0.25) is 0 Å². The number of amides is 1. The summed E-state index contributed by atoms with van der Waals surface area (Å²) in [5.74, 6) is 0.117. The molecule has 2 heterocycles. The molecular weight excluding hydrogens is 202 g/mol. The van der Waals surface area contributed by atoms with Crippen molar-refractivity contribution in [2.75, 3.05) is 6.54 Å². The number of nitrogens with zero attached hydrogens (tertiary/aromatic N) is 2. The molecule has 0 bridgehead atoms. The Balaban J connectivity index is 2.11. The third-order valence-electron chi connectivity index (χ3n) is 3.88. The summed E-state index contributed by atoms with van der Waals surface area (Å²) in [6.07, 6.45) is 5.51. The summed E-state index contributed by atoms with van der Waals surface area (Å²) < 4.78 is 0. The first kappa shape index (κ1) is 11.9.